The highest BCUT2D eigenvalue weighted by Gasteiger charge is 2.18. The summed E-state index contributed by atoms with van der Waals surface area (Å²) in [5.41, 5.74) is 4.55. The van der Waals surface area contributed by atoms with Gasteiger partial charge in [-0.2, -0.15) is 9.97 Å². The van der Waals surface area contributed by atoms with Crippen LogP contribution in [0.4, 0.5) is 17.5 Å². The molecular formula is C21H26N8O. The van der Waals surface area contributed by atoms with Gasteiger partial charge < -0.3 is 24.5 Å². The van der Waals surface area contributed by atoms with Crippen molar-refractivity contribution in [3.8, 4) is 0 Å². The number of anilines is 3. The predicted molar refractivity (Wildman–Crippen MR) is 117 cm³/mol. The summed E-state index contributed by atoms with van der Waals surface area (Å²) in [4.78, 5) is 23.8. The highest BCUT2D eigenvalue weighted by Crippen LogP contribution is 2.27. The first-order valence-corrected chi connectivity index (χ1v) is 10.5. The number of aromatic nitrogens is 6. The highest BCUT2D eigenvalue weighted by atomic mass is 16.5. The number of nitrogens with zero attached hydrogens (tertiary/aromatic N) is 6. The number of nitrogens with one attached hydrogen (secondary N) is 2. The number of aromatic amines is 1. The number of fused-ring (bicyclic) bond motifs is 2. The second-order valence-electron chi connectivity index (χ2n) is 7.57. The summed E-state index contributed by atoms with van der Waals surface area (Å²) < 4.78 is 7.75. The van der Waals surface area contributed by atoms with Crippen LogP contribution in [0.25, 0.3) is 22.2 Å². The van der Waals surface area contributed by atoms with Gasteiger partial charge in [-0.25, -0.2) is 9.97 Å². The lowest BCUT2D eigenvalue weighted by atomic mass is 10.2. The van der Waals surface area contributed by atoms with E-state index in [1.807, 2.05) is 6.07 Å². The number of imidazole rings is 2. The summed E-state index contributed by atoms with van der Waals surface area (Å²) in [6.45, 7) is 8.16. The molecule has 9 heteroatoms. The number of rotatable bonds is 6. The van der Waals surface area contributed by atoms with Crippen molar-refractivity contribution in [3.05, 3.63) is 30.4 Å². The Morgan fingerprint density at radius 3 is 2.87 bits per heavy atom. The van der Waals surface area contributed by atoms with E-state index in [9.17, 15) is 0 Å². The SMILES string of the molecule is CCCCn1c(C)nc2ccc(Nc3nc(N4CCOCC4)nc4nc[nH]c34)cc21. The molecule has 1 aliphatic rings. The van der Waals surface area contributed by atoms with E-state index in [1.54, 1.807) is 6.33 Å². The van der Waals surface area contributed by atoms with Crippen molar-refractivity contribution in [2.45, 2.75) is 33.2 Å². The fraction of sp³-hybridized carbons (Fsp3) is 0.429. The van der Waals surface area contributed by atoms with E-state index in [1.165, 1.54) is 0 Å². The Kier molecular flexibility index (Phi) is 4.96. The smallest absolute Gasteiger partial charge is 0.229 e. The zero-order valence-corrected chi connectivity index (χ0v) is 17.4. The van der Waals surface area contributed by atoms with Gasteiger partial charge in [-0.1, -0.05) is 13.3 Å². The molecule has 30 heavy (non-hydrogen) atoms. The summed E-state index contributed by atoms with van der Waals surface area (Å²) in [6.07, 6.45) is 3.94. The fourth-order valence-corrected chi connectivity index (χ4v) is 3.87. The molecular weight excluding hydrogens is 380 g/mol. The number of H-pyrrole nitrogens is 1. The highest BCUT2D eigenvalue weighted by molar-refractivity contribution is 5.88. The maximum atomic E-state index is 5.46. The lowest BCUT2D eigenvalue weighted by Crippen LogP contribution is -2.37. The topological polar surface area (TPSA) is 96.8 Å². The van der Waals surface area contributed by atoms with Gasteiger partial charge in [0.15, 0.2) is 11.5 Å². The lowest BCUT2D eigenvalue weighted by Gasteiger charge is -2.27. The molecule has 0 amide bonds. The zero-order valence-electron chi connectivity index (χ0n) is 17.4. The van der Waals surface area contributed by atoms with Crippen LogP contribution in [0.5, 0.6) is 0 Å². The molecule has 156 valence electrons. The number of ether oxygens (including phenoxy) is 1. The average molecular weight is 406 g/mol. The molecule has 1 aromatic carbocycles. The van der Waals surface area contributed by atoms with Crippen molar-refractivity contribution < 1.29 is 4.74 Å². The molecule has 2 N–H and O–H groups in total. The maximum Gasteiger partial charge on any atom is 0.229 e. The van der Waals surface area contributed by atoms with Crippen molar-refractivity contribution in [2.24, 2.45) is 0 Å². The summed E-state index contributed by atoms with van der Waals surface area (Å²) in [7, 11) is 0. The van der Waals surface area contributed by atoms with Crippen LogP contribution in [0.3, 0.4) is 0 Å². The normalized spacial score (nSPS) is 14.7. The molecule has 1 fully saturated rings. The molecule has 0 bridgehead atoms. The van der Waals surface area contributed by atoms with E-state index in [-0.39, 0.29) is 0 Å². The minimum Gasteiger partial charge on any atom is -0.378 e. The summed E-state index contributed by atoms with van der Waals surface area (Å²) in [6, 6.07) is 6.24. The van der Waals surface area contributed by atoms with E-state index in [0.717, 1.165) is 66.4 Å². The molecule has 9 nitrogen and oxygen atoms in total. The maximum absolute atomic E-state index is 5.46. The molecule has 0 saturated carbocycles. The standard InChI is InChI=1S/C21H26N8O/c1-3-4-7-29-14(2)24-16-6-5-15(12-17(16)29)25-20-18-19(23-13-22-18)26-21(27-20)28-8-10-30-11-9-28/h5-6,12-13H,3-4,7-11H2,1-2H3,(H2,22,23,25,26,27). The number of benzene rings is 1. The predicted octanol–water partition coefficient (Wildman–Crippen LogP) is 3.39. The zero-order chi connectivity index (χ0) is 20.5. The van der Waals surface area contributed by atoms with Crippen molar-refractivity contribution >= 4 is 39.7 Å². The molecule has 0 unspecified atom stereocenters. The second kappa shape index (κ2) is 7.91. The molecule has 4 aromatic rings. The van der Waals surface area contributed by atoms with Gasteiger partial charge >= 0.3 is 0 Å². The third kappa shape index (κ3) is 3.45. The Hall–Kier alpha value is -3.20. The number of hydrogen-bond acceptors (Lipinski definition) is 7. The van der Waals surface area contributed by atoms with Gasteiger partial charge in [0, 0.05) is 25.3 Å². The van der Waals surface area contributed by atoms with E-state index >= 15 is 0 Å². The Morgan fingerprint density at radius 2 is 2.03 bits per heavy atom. The molecule has 1 saturated heterocycles. The van der Waals surface area contributed by atoms with Crippen LogP contribution >= 0.6 is 0 Å². The number of aryl methyl sites for hydroxylation is 2. The largest absolute Gasteiger partial charge is 0.378 e. The molecule has 3 aromatic heterocycles. The van der Waals surface area contributed by atoms with Crippen LogP contribution < -0.4 is 10.2 Å². The second-order valence-corrected chi connectivity index (χ2v) is 7.57. The van der Waals surface area contributed by atoms with Gasteiger partial charge in [-0.3, -0.25) is 0 Å². The van der Waals surface area contributed by atoms with Crippen molar-refractivity contribution in [1.29, 1.82) is 0 Å². The van der Waals surface area contributed by atoms with Crippen LogP contribution in [-0.2, 0) is 11.3 Å². The van der Waals surface area contributed by atoms with E-state index in [2.05, 4.69) is 55.7 Å². The van der Waals surface area contributed by atoms with E-state index < -0.39 is 0 Å². The Morgan fingerprint density at radius 1 is 1.17 bits per heavy atom. The lowest BCUT2D eigenvalue weighted by molar-refractivity contribution is 0.122. The van der Waals surface area contributed by atoms with Crippen molar-refractivity contribution in [3.63, 3.8) is 0 Å². The Bertz CT molecular complexity index is 1170. The minimum absolute atomic E-state index is 0.652. The van der Waals surface area contributed by atoms with Gasteiger partial charge in [-0.15, -0.1) is 0 Å². The van der Waals surface area contributed by atoms with Crippen molar-refractivity contribution in [2.75, 3.05) is 36.5 Å². The Balaban J connectivity index is 1.51. The molecule has 0 aliphatic carbocycles. The van der Waals surface area contributed by atoms with Crippen LogP contribution in [0, 0.1) is 6.92 Å². The van der Waals surface area contributed by atoms with E-state index in [0.29, 0.717) is 24.8 Å². The molecule has 1 aliphatic heterocycles. The number of unbranched alkanes of at least 4 members (excludes halogenated alkanes) is 1. The van der Waals surface area contributed by atoms with Crippen LogP contribution in [-0.4, -0.2) is 55.8 Å². The number of morpholine rings is 1. The van der Waals surface area contributed by atoms with Crippen LogP contribution in [0.1, 0.15) is 25.6 Å². The first-order chi connectivity index (χ1) is 14.7. The molecule has 5 rings (SSSR count). The third-order valence-electron chi connectivity index (χ3n) is 5.50. The summed E-state index contributed by atoms with van der Waals surface area (Å²) in [5, 5.41) is 3.48. The van der Waals surface area contributed by atoms with Crippen LogP contribution in [0.15, 0.2) is 24.5 Å². The summed E-state index contributed by atoms with van der Waals surface area (Å²) in [5.74, 6) is 2.43. The van der Waals surface area contributed by atoms with E-state index in [4.69, 9.17) is 14.7 Å². The van der Waals surface area contributed by atoms with Crippen LogP contribution in [0.2, 0.25) is 0 Å². The Labute approximate surface area is 174 Å². The van der Waals surface area contributed by atoms with Crippen molar-refractivity contribution in [1.82, 2.24) is 29.5 Å². The van der Waals surface area contributed by atoms with Gasteiger partial charge in [0.25, 0.3) is 0 Å². The van der Waals surface area contributed by atoms with Gasteiger partial charge in [0.05, 0.1) is 30.6 Å². The fourth-order valence-electron chi connectivity index (χ4n) is 3.87. The molecule has 0 radical (unpaired) electrons. The van der Waals surface area contributed by atoms with Gasteiger partial charge in [-0.05, 0) is 31.5 Å². The first-order valence-electron chi connectivity index (χ1n) is 10.5. The number of hydrogen-bond donors (Lipinski definition) is 2. The molecule has 0 atom stereocenters. The molecule has 0 spiro atoms. The first kappa shape index (κ1) is 18.8. The average Bonchev–Trinajstić information content (AvgIpc) is 3.36. The van der Waals surface area contributed by atoms with Gasteiger partial charge in [0.2, 0.25) is 5.95 Å². The summed E-state index contributed by atoms with van der Waals surface area (Å²) >= 11 is 0. The third-order valence-corrected chi connectivity index (χ3v) is 5.50. The monoisotopic (exact) mass is 406 g/mol. The quantitative estimate of drug-likeness (QED) is 0.506. The minimum atomic E-state index is 0.652. The molecule has 4 heterocycles. The van der Waals surface area contributed by atoms with Gasteiger partial charge in [0.1, 0.15) is 11.3 Å².